The van der Waals surface area contributed by atoms with Crippen molar-refractivity contribution in [2.24, 2.45) is 7.05 Å². The third-order valence-corrected chi connectivity index (χ3v) is 6.99. The molecule has 0 saturated carbocycles. The summed E-state index contributed by atoms with van der Waals surface area (Å²) in [6, 6.07) is 18.0. The molecule has 33 heavy (non-hydrogen) atoms. The third kappa shape index (κ3) is 3.21. The number of para-hydroxylation sites is 1. The van der Waals surface area contributed by atoms with Crippen LogP contribution in [0.15, 0.2) is 77.9 Å². The average molecular weight is 493 g/mol. The second kappa shape index (κ2) is 7.49. The molecule has 1 aliphatic rings. The molecule has 6 rings (SSSR count). The first-order valence-electron chi connectivity index (χ1n) is 10.4. The van der Waals surface area contributed by atoms with Crippen molar-refractivity contribution in [3.8, 4) is 16.9 Å². The molecule has 0 aliphatic heterocycles. The average Bonchev–Trinajstić information content (AvgIpc) is 3.30. The third-order valence-electron chi connectivity index (χ3n) is 6.05. The zero-order valence-electron chi connectivity index (χ0n) is 17.4. The fourth-order valence-electron chi connectivity index (χ4n) is 4.55. The summed E-state index contributed by atoms with van der Waals surface area (Å²) in [6.45, 7) is 0. The Balaban J connectivity index is 1.71. The molecule has 4 nitrogen and oxygen atoms in total. The van der Waals surface area contributed by atoms with E-state index < -0.39 is 0 Å². The first-order valence-corrected chi connectivity index (χ1v) is 11.5. The maximum absolute atomic E-state index is 13.2. The van der Waals surface area contributed by atoms with Crippen LogP contribution in [0.25, 0.3) is 27.8 Å². The summed E-state index contributed by atoms with van der Waals surface area (Å²) in [5.41, 5.74) is 5.73. The van der Waals surface area contributed by atoms with Gasteiger partial charge in [0.25, 0.3) is 5.56 Å². The van der Waals surface area contributed by atoms with Crippen molar-refractivity contribution in [2.75, 3.05) is 0 Å². The second-order valence-electron chi connectivity index (χ2n) is 8.15. The van der Waals surface area contributed by atoms with Crippen LogP contribution < -0.4 is 5.56 Å². The Morgan fingerprint density at radius 2 is 1.52 bits per heavy atom. The van der Waals surface area contributed by atoms with Crippen LogP contribution in [0, 0.1) is 0 Å². The van der Waals surface area contributed by atoms with E-state index >= 15 is 0 Å². The van der Waals surface area contributed by atoms with Gasteiger partial charge in [-0.1, -0.05) is 59.1 Å². The normalized spacial score (nSPS) is 12.8. The topological polar surface area (TPSA) is 39.8 Å². The van der Waals surface area contributed by atoms with Crippen LogP contribution in [0.2, 0.25) is 15.1 Å². The van der Waals surface area contributed by atoms with Gasteiger partial charge >= 0.3 is 0 Å². The molecular formula is C26H16Cl3N3O. The van der Waals surface area contributed by atoms with Gasteiger partial charge in [-0.3, -0.25) is 14.3 Å². The summed E-state index contributed by atoms with van der Waals surface area (Å²) in [6.07, 6.45) is 4.20. The number of pyridine rings is 2. The number of aryl methyl sites for hydroxylation is 1. The van der Waals surface area contributed by atoms with Crippen molar-refractivity contribution in [3.63, 3.8) is 0 Å². The van der Waals surface area contributed by atoms with Crippen molar-refractivity contribution < 1.29 is 0 Å². The van der Waals surface area contributed by atoms with Crippen molar-refractivity contribution >= 4 is 45.7 Å². The minimum absolute atomic E-state index is 0.0947. The molecule has 0 N–H and O–H groups in total. The quantitative estimate of drug-likeness (QED) is 0.271. The van der Waals surface area contributed by atoms with Gasteiger partial charge in [0.2, 0.25) is 0 Å². The van der Waals surface area contributed by atoms with E-state index in [1.165, 1.54) is 17.2 Å². The van der Waals surface area contributed by atoms with Gasteiger partial charge in [0, 0.05) is 41.5 Å². The van der Waals surface area contributed by atoms with Gasteiger partial charge in [-0.15, -0.1) is 0 Å². The number of hydrogen-bond acceptors (Lipinski definition) is 2. The molecule has 7 heteroatoms. The molecule has 2 aromatic carbocycles. The number of nitrogens with zero attached hydrogens (tertiary/aromatic N) is 3. The van der Waals surface area contributed by atoms with Gasteiger partial charge in [0.15, 0.2) is 0 Å². The highest BCUT2D eigenvalue weighted by atomic mass is 35.5. The van der Waals surface area contributed by atoms with Crippen molar-refractivity contribution in [1.82, 2.24) is 14.1 Å². The summed E-state index contributed by atoms with van der Waals surface area (Å²) in [5.74, 6) is 0.0947. The maximum Gasteiger partial charge on any atom is 0.255 e. The van der Waals surface area contributed by atoms with Gasteiger partial charge in [-0.25, -0.2) is 0 Å². The largest absolute Gasteiger partial charge is 0.357 e. The Hall–Kier alpha value is -3.05. The van der Waals surface area contributed by atoms with E-state index in [1.807, 2.05) is 41.9 Å². The van der Waals surface area contributed by atoms with Gasteiger partial charge in [0.1, 0.15) is 0 Å². The Kier molecular flexibility index (Phi) is 4.66. The highest BCUT2D eigenvalue weighted by molar-refractivity contribution is 6.38. The summed E-state index contributed by atoms with van der Waals surface area (Å²) >= 11 is 19.6. The zero-order chi connectivity index (χ0) is 22.9. The van der Waals surface area contributed by atoms with Crippen molar-refractivity contribution in [3.05, 3.63) is 115 Å². The summed E-state index contributed by atoms with van der Waals surface area (Å²) in [4.78, 5) is 18.2. The molecule has 0 fully saturated rings. The predicted molar refractivity (Wildman–Crippen MR) is 134 cm³/mol. The fourth-order valence-corrected chi connectivity index (χ4v) is 5.34. The Bertz CT molecular complexity index is 1610. The van der Waals surface area contributed by atoms with E-state index in [-0.39, 0.29) is 11.5 Å². The van der Waals surface area contributed by atoms with Gasteiger partial charge in [-0.2, -0.15) is 0 Å². The molecule has 3 aromatic heterocycles. The molecular weight excluding hydrogens is 477 g/mol. The number of hydrogen-bond donors (Lipinski definition) is 0. The monoisotopic (exact) mass is 491 g/mol. The summed E-state index contributed by atoms with van der Waals surface area (Å²) in [5, 5.41) is 2.16. The van der Waals surface area contributed by atoms with E-state index in [0.29, 0.717) is 32.0 Å². The van der Waals surface area contributed by atoms with Gasteiger partial charge < -0.3 is 4.57 Å². The van der Waals surface area contributed by atoms with Crippen LogP contribution in [0.5, 0.6) is 0 Å². The molecule has 1 aliphatic carbocycles. The van der Waals surface area contributed by atoms with Crippen LogP contribution in [-0.2, 0) is 7.05 Å². The number of benzene rings is 2. The minimum atomic E-state index is -0.228. The van der Waals surface area contributed by atoms with E-state index in [2.05, 4.69) is 12.4 Å². The van der Waals surface area contributed by atoms with Crippen LogP contribution in [-0.4, -0.2) is 14.1 Å². The first-order chi connectivity index (χ1) is 15.9. The van der Waals surface area contributed by atoms with E-state index in [0.717, 1.165) is 16.6 Å². The number of halogens is 3. The molecule has 0 saturated heterocycles. The molecule has 3 heterocycles. The highest BCUT2D eigenvalue weighted by Crippen LogP contribution is 2.49. The maximum atomic E-state index is 13.2. The Labute approximate surface area is 204 Å². The molecule has 0 bridgehead atoms. The van der Waals surface area contributed by atoms with Gasteiger partial charge in [-0.05, 0) is 41.5 Å². The van der Waals surface area contributed by atoms with Gasteiger partial charge in [0.05, 0.1) is 38.6 Å². The van der Waals surface area contributed by atoms with Crippen LogP contribution >= 0.6 is 34.8 Å². The van der Waals surface area contributed by atoms with E-state index in [1.54, 1.807) is 28.8 Å². The fraction of sp³-hybridized carbons (Fsp3) is 0.0769. The molecule has 5 aromatic rings. The van der Waals surface area contributed by atoms with E-state index in [9.17, 15) is 4.79 Å². The molecule has 0 spiro atoms. The lowest BCUT2D eigenvalue weighted by atomic mass is 10.0. The molecule has 0 radical (unpaired) electrons. The highest BCUT2D eigenvalue weighted by Gasteiger charge is 2.38. The minimum Gasteiger partial charge on any atom is -0.357 e. The lowest BCUT2D eigenvalue weighted by molar-refractivity contribution is 0.891. The van der Waals surface area contributed by atoms with Crippen molar-refractivity contribution in [2.45, 2.75) is 5.92 Å². The first kappa shape index (κ1) is 20.5. The van der Waals surface area contributed by atoms with Crippen LogP contribution in [0.4, 0.5) is 0 Å². The number of aromatic nitrogens is 3. The van der Waals surface area contributed by atoms with Crippen LogP contribution in [0.3, 0.4) is 0 Å². The molecule has 0 atom stereocenters. The van der Waals surface area contributed by atoms with E-state index in [4.69, 9.17) is 39.8 Å². The number of fused-ring (bicyclic) bond motifs is 2. The standard InChI is InChI=1S/C26H16Cl3N3O/c1-31-12-16-17(13-31)24(16)21-11-22-15(25(30-21)14-5-2-3-6-18(14)27)9-10-23(33)32(22)26-19(28)7-4-8-20(26)29/h2-13,24H,1H3. The Morgan fingerprint density at radius 1 is 0.848 bits per heavy atom. The SMILES string of the molecule is Cn1cc2c(c1)C2c1cc2c(ccc(=O)n2-c2c(Cl)cccc2Cl)c(-c2ccccc2Cl)n1. The van der Waals surface area contributed by atoms with Crippen LogP contribution in [0.1, 0.15) is 22.7 Å². The molecule has 0 amide bonds. The predicted octanol–water partition coefficient (Wildman–Crippen LogP) is 6.85. The summed E-state index contributed by atoms with van der Waals surface area (Å²) in [7, 11) is 2.00. The molecule has 0 unspecified atom stereocenters. The van der Waals surface area contributed by atoms with Crippen molar-refractivity contribution in [1.29, 1.82) is 0 Å². The molecule has 162 valence electrons. The lowest BCUT2D eigenvalue weighted by Crippen LogP contribution is -2.19. The lowest BCUT2D eigenvalue weighted by Gasteiger charge is -2.17. The summed E-state index contributed by atoms with van der Waals surface area (Å²) < 4.78 is 3.61. The Morgan fingerprint density at radius 3 is 2.21 bits per heavy atom. The smallest absolute Gasteiger partial charge is 0.255 e. The zero-order valence-corrected chi connectivity index (χ0v) is 19.7. The number of rotatable bonds is 3. The second-order valence-corrected chi connectivity index (χ2v) is 9.37.